The Kier molecular flexibility index (Phi) is 21.0. The summed E-state index contributed by atoms with van der Waals surface area (Å²) in [5, 5.41) is 19.1. The molecule has 1 fully saturated rings. The van der Waals surface area contributed by atoms with Crippen molar-refractivity contribution < 1.29 is 38.3 Å². The van der Waals surface area contributed by atoms with Gasteiger partial charge >= 0.3 is 5.97 Å². The Labute approximate surface area is 415 Å². The topological polar surface area (TPSA) is 203 Å². The number of rotatable bonds is 15. The molecule has 6 amide bonds. The maximum Gasteiger partial charge on any atom is 0.329 e. The molecule has 0 radical (unpaired) electrons. The van der Waals surface area contributed by atoms with Crippen molar-refractivity contribution in [3.8, 4) is 6.07 Å². The SMILES string of the molecule is CCCC[C@@H]1NC(=O)[C@@H](CCC#N)OC(=O)[C@H](C)N(C)C(=O)[C@H](CC(C)C)NC(=O)[C@H](Cc2cn(Cc3ccc(C)cc3)c3ccccc23)N(C)C(=O)[C@H](CC(C)C)NC(=O)[C@H](CC(C)C)N(C)C1=O. The Hall–Kier alpha value is -6.24. The highest BCUT2D eigenvalue weighted by Crippen LogP contribution is 2.26. The highest BCUT2D eigenvalue weighted by molar-refractivity contribution is 5.98. The van der Waals surface area contributed by atoms with Gasteiger partial charge in [0.15, 0.2) is 6.10 Å². The fourth-order valence-electron chi connectivity index (χ4n) is 8.93. The van der Waals surface area contributed by atoms with E-state index in [4.69, 9.17) is 4.74 Å². The van der Waals surface area contributed by atoms with Crippen LogP contribution in [0.5, 0.6) is 0 Å². The number of benzene rings is 2. The first kappa shape index (κ1) is 56.3. The minimum Gasteiger partial charge on any atom is -0.451 e. The first-order chi connectivity index (χ1) is 33.1. The van der Waals surface area contributed by atoms with Crippen LogP contribution in [0.3, 0.4) is 0 Å². The molecule has 4 rings (SSSR count). The zero-order valence-corrected chi connectivity index (χ0v) is 43.5. The molecule has 16 nitrogen and oxygen atoms in total. The predicted octanol–water partition coefficient (Wildman–Crippen LogP) is 6.05. The van der Waals surface area contributed by atoms with Crippen LogP contribution < -0.4 is 16.0 Å². The van der Waals surface area contributed by atoms with Crippen LogP contribution >= 0.6 is 0 Å². The lowest BCUT2D eigenvalue weighted by molar-refractivity contribution is -0.163. The van der Waals surface area contributed by atoms with E-state index in [2.05, 4.69) is 44.8 Å². The van der Waals surface area contributed by atoms with Crippen molar-refractivity contribution in [2.24, 2.45) is 17.8 Å². The Morgan fingerprint density at radius 1 is 0.671 bits per heavy atom. The molecule has 3 aromatic rings. The van der Waals surface area contributed by atoms with Gasteiger partial charge in [0.2, 0.25) is 29.5 Å². The summed E-state index contributed by atoms with van der Waals surface area (Å²) in [6.45, 7) is 17.4. The summed E-state index contributed by atoms with van der Waals surface area (Å²) in [6.07, 6.45) is 2.23. The van der Waals surface area contributed by atoms with E-state index in [1.807, 2.05) is 91.9 Å². The average Bonchev–Trinajstić information content (AvgIpc) is 3.66. The summed E-state index contributed by atoms with van der Waals surface area (Å²) in [5.74, 6) is -4.92. The normalized spacial score (nSPS) is 23.1. The molecule has 0 unspecified atom stereocenters. The molecular weight excluding hydrogens is 889 g/mol. The monoisotopic (exact) mass is 967 g/mol. The quantitative estimate of drug-likeness (QED) is 0.152. The number of carbonyl (C=O) groups is 7. The van der Waals surface area contributed by atoms with E-state index in [1.165, 1.54) is 37.9 Å². The van der Waals surface area contributed by atoms with Crippen molar-refractivity contribution >= 4 is 52.3 Å². The molecule has 2 aromatic carbocycles. The van der Waals surface area contributed by atoms with Crippen LogP contribution in [-0.2, 0) is 51.3 Å². The zero-order valence-electron chi connectivity index (χ0n) is 43.5. The fraction of sp³-hybridized carbons (Fsp3) is 0.593. The van der Waals surface area contributed by atoms with Gasteiger partial charge in [-0.3, -0.25) is 28.8 Å². The molecule has 1 aromatic heterocycles. The number of aromatic nitrogens is 1. The number of para-hydroxylation sites is 1. The standard InChI is InChI=1S/C54H78N8O8/c1-13-14-19-41-51(66)60(11)45(29-35(6)7)48(63)58-43(28-34(4)5)53(68)61(12)46(30-39-32-62(44-20-16-15-18-40(39)44)31-38-24-22-36(8)23-25-38)49(64)57-42(27-33(2)3)52(67)59(10)37(9)54(69)70-47(21-17-26-55)50(65)56-41/h15-16,18,20,22-25,32-35,37,41-43,45-47H,13-14,17,19,21,27-31H2,1-12H3,(H,56,65)(H,57,64)(H,58,63)/t37-,41-,42-,43-,45-,46-,47+/m0/s1. The molecule has 0 bridgehead atoms. The number of nitrogens with one attached hydrogen (secondary N) is 3. The Bertz CT molecular complexity index is 2330. The molecule has 70 heavy (non-hydrogen) atoms. The summed E-state index contributed by atoms with van der Waals surface area (Å²) in [5.41, 5.74) is 3.91. The molecule has 0 spiro atoms. The van der Waals surface area contributed by atoms with Crippen LogP contribution in [-0.4, -0.2) is 124 Å². The van der Waals surface area contributed by atoms with Gasteiger partial charge in [0.25, 0.3) is 5.91 Å². The number of unbranched alkanes of at least 4 members (excludes halogenated alkanes) is 1. The minimum atomic E-state index is -1.49. The number of cyclic esters (lactones) is 1. The Morgan fingerprint density at radius 3 is 1.77 bits per heavy atom. The van der Waals surface area contributed by atoms with E-state index in [1.54, 1.807) is 0 Å². The molecule has 1 saturated heterocycles. The molecule has 0 saturated carbocycles. The van der Waals surface area contributed by atoms with E-state index < -0.39 is 83.8 Å². The highest BCUT2D eigenvalue weighted by atomic mass is 16.5. The Morgan fingerprint density at radius 2 is 1.20 bits per heavy atom. The number of amides is 6. The maximum absolute atomic E-state index is 15.1. The van der Waals surface area contributed by atoms with Crippen molar-refractivity contribution in [3.05, 3.63) is 71.4 Å². The lowest BCUT2D eigenvalue weighted by Crippen LogP contribution is -2.60. The smallest absolute Gasteiger partial charge is 0.329 e. The number of nitrogens with zero attached hydrogens (tertiary/aromatic N) is 5. The molecule has 2 heterocycles. The second-order valence-electron chi connectivity index (χ2n) is 20.4. The number of esters is 1. The molecule has 0 aliphatic carbocycles. The average molecular weight is 967 g/mol. The van der Waals surface area contributed by atoms with Gasteiger partial charge in [-0.25, -0.2) is 4.79 Å². The molecule has 7 atom stereocenters. The summed E-state index contributed by atoms with van der Waals surface area (Å²) >= 11 is 0. The van der Waals surface area contributed by atoms with Gasteiger partial charge in [0, 0.05) is 64.1 Å². The third kappa shape index (κ3) is 15.1. The van der Waals surface area contributed by atoms with Gasteiger partial charge in [-0.05, 0) is 74.5 Å². The van der Waals surface area contributed by atoms with Crippen LogP contribution in [0, 0.1) is 36.0 Å². The number of ether oxygens (including phenoxy) is 1. The largest absolute Gasteiger partial charge is 0.451 e. The first-order valence-electron chi connectivity index (χ1n) is 25.0. The van der Waals surface area contributed by atoms with E-state index >= 15 is 9.59 Å². The highest BCUT2D eigenvalue weighted by Gasteiger charge is 2.40. The number of likely N-dealkylation sites (N-methyl/N-ethyl adjacent to an activating group) is 3. The van der Waals surface area contributed by atoms with Crippen molar-refractivity contribution in [2.75, 3.05) is 21.1 Å². The van der Waals surface area contributed by atoms with Crippen LogP contribution in [0.4, 0.5) is 0 Å². The third-order valence-electron chi connectivity index (χ3n) is 13.1. The lowest BCUT2D eigenvalue weighted by Gasteiger charge is -2.35. The molecular formula is C54H78N8O8. The van der Waals surface area contributed by atoms with Crippen LogP contribution in [0.25, 0.3) is 10.9 Å². The summed E-state index contributed by atoms with van der Waals surface area (Å²) in [6, 6.07) is 11.1. The number of aryl methyl sites for hydroxylation is 1. The molecule has 16 heteroatoms. The predicted molar refractivity (Wildman–Crippen MR) is 270 cm³/mol. The van der Waals surface area contributed by atoms with Crippen molar-refractivity contribution in [1.82, 2.24) is 35.2 Å². The molecule has 1 aliphatic rings. The van der Waals surface area contributed by atoms with Crippen molar-refractivity contribution in [1.29, 1.82) is 5.26 Å². The summed E-state index contributed by atoms with van der Waals surface area (Å²) < 4.78 is 7.86. The number of nitriles is 1. The maximum atomic E-state index is 15.1. The summed E-state index contributed by atoms with van der Waals surface area (Å²) in [4.78, 5) is 106. The van der Waals surface area contributed by atoms with Crippen LogP contribution in [0.2, 0.25) is 0 Å². The van der Waals surface area contributed by atoms with Gasteiger partial charge in [-0.2, -0.15) is 5.26 Å². The van der Waals surface area contributed by atoms with E-state index in [0.29, 0.717) is 19.4 Å². The fourth-order valence-corrected chi connectivity index (χ4v) is 8.93. The summed E-state index contributed by atoms with van der Waals surface area (Å²) in [7, 11) is 4.43. The number of carbonyl (C=O) groups excluding carboxylic acids is 7. The van der Waals surface area contributed by atoms with Crippen LogP contribution in [0.15, 0.2) is 54.7 Å². The van der Waals surface area contributed by atoms with Gasteiger partial charge < -0.3 is 40.0 Å². The van der Waals surface area contributed by atoms with E-state index in [-0.39, 0.29) is 62.7 Å². The van der Waals surface area contributed by atoms with Crippen molar-refractivity contribution in [3.63, 3.8) is 0 Å². The van der Waals surface area contributed by atoms with Gasteiger partial charge in [0.1, 0.15) is 36.3 Å². The molecule has 3 N–H and O–H groups in total. The lowest BCUT2D eigenvalue weighted by atomic mass is 9.97. The molecule has 382 valence electrons. The second kappa shape index (κ2) is 26.1. The third-order valence-corrected chi connectivity index (χ3v) is 13.1. The number of hydrogen-bond donors (Lipinski definition) is 3. The number of fused-ring (bicyclic) bond motifs is 1. The number of hydrogen-bond acceptors (Lipinski definition) is 9. The zero-order chi connectivity index (χ0) is 52.0. The van der Waals surface area contributed by atoms with Gasteiger partial charge in [0.05, 0.1) is 6.07 Å². The van der Waals surface area contributed by atoms with Gasteiger partial charge in [-0.1, -0.05) is 109 Å². The first-order valence-corrected chi connectivity index (χ1v) is 25.0. The second-order valence-corrected chi connectivity index (χ2v) is 20.4. The minimum absolute atomic E-state index is 0.0382. The van der Waals surface area contributed by atoms with Crippen LogP contribution in [0.1, 0.15) is 123 Å². The van der Waals surface area contributed by atoms with E-state index in [0.717, 1.165) is 32.5 Å². The molecule has 1 aliphatic heterocycles. The Balaban J connectivity index is 1.91. The van der Waals surface area contributed by atoms with Crippen molar-refractivity contribution in [2.45, 2.75) is 169 Å². The van der Waals surface area contributed by atoms with Gasteiger partial charge in [-0.15, -0.1) is 0 Å². The van der Waals surface area contributed by atoms with E-state index in [9.17, 15) is 29.2 Å².